The number of aliphatic hydroxyl groups is 1. The minimum absolute atomic E-state index is 0.0354. The van der Waals surface area contributed by atoms with Crippen molar-refractivity contribution in [1.82, 2.24) is 0 Å². The van der Waals surface area contributed by atoms with Gasteiger partial charge in [-0.05, 0) is 59.9 Å². The van der Waals surface area contributed by atoms with Gasteiger partial charge in [0.15, 0.2) is 0 Å². The third-order valence-electron chi connectivity index (χ3n) is 5.07. The largest absolute Gasteiger partial charge is 0.396 e. The van der Waals surface area contributed by atoms with E-state index >= 15 is 0 Å². The van der Waals surface area contributed by atoms with Gasteiger partial charge >= 0.3 is 0 Å². The van der Waals surface area contributed by atoms with E-state index in [4.69, 9.17) is 5.11 Å². The number of aliphatic hydroxyl groups excluding tert-OH is 1. The summed E-state index contributed by atoms with van der Waals surface area (Å²) in [6.45, 7) is 5.57. The first-order valence-corrected chi connectivity index (χ1v) is 10.3. The van der Waals surface area contributed by atoms with Crippen LogP contribution in [0, 0.1) is 28.1 Å². The Morgan fingerprint density at radius 3 is 2.38 bits per heavy atom. The maximum Gasteiger partial charge on any atom is 0.132 e. The van der Waals surface area contributed by atoms with Gasteiger partial charge in [-0.2, -0.15) is 10.5 Å². The molecule has 0 saturated carbocycles. The van der Waals surface area contributed by atoms with E-state index in [0.29, 0.717) is 0 Å². The highest BCUT2D eigenvalue weighted by Gasteiger charge is 2.26. The van der Waals surface area contributed by atoms with E-state index in [1.54, 1.807) is 0 Å². The van der Waals surface area contributed by atoms with Crippen LogP contribution in [0.2, 0.25) is 0 Å². The van der Waals surface area contributed by atoms with E-state index in [-0.39, 0.29) is 17.6 Å². The molecule has 4 nitrogen and oxygen atoms in total. The number of rotatable bonds is 9. The monoisotopic (exact) mass is 389 g/mol. The Balaban J connectivity index is 1.98. The number of anilines is 1. The first kappa shape index (κ1) is 22.5. The summed E-state index contributed by atoms with van der Waals surface area (Å²) < 4.78 is 0. The molecule has 29 heavy (non-hydrogen) atoms. The maximum absolute atomic E-state index is 9.19. The van der Waals surface area contributed by atoms with Crippen molar-refractivity contribution in [2.24, 2.45) is 5.41 Å². The fraction of sp³-hybridized carbons (Fsp3) is 0.440. The second kappa shape index (κ2) is 11.2. The van der Waals surface area contributed by atoms with Gasteiger partial charge in [0, 0.05) is 18.8 Å². The van der Waals surface area contributed by atoms with Crippen LogP contribution in [0.25, 0.3) is 6.08 Å². The number of benzene rings is 1. The molecule has 1 aliphatic rings. The van der Waals surface area contributed by atoms with Gasteiger partial charge in [0.2, 0.25) is 0 Å². The van der Waals surface area contributed by atoms with E-state index in [0.717, 1.165) is 67.5 Å². The zero-order valence-corrected chi connectivity index (χ0v) is 17.5. The van der Waals surface area contributed by atoms with Crippen molar-refractivity contribution in [3.8, 4) is 12.1 Å². The van der Waals surface area contributed by atoms with E-state index in [1.165, 1.54) is 0 Å². The molecule has 0 radical (unpaired) electrons. The van der Waals surface area contributed by atoms with E-state index in [2.05, 4.69) is 55.6 Å². The van der Waals surface area contributed by atoms with Crippen LogP contribution in [0.3, 0.4) is 0 Å². The number of nitrogens with one attached hydrogen (secondary N) is 1. The molecule has 0 atom stereocenters. The van der Waals surface area contributed by atoms with Gasteiger partial charge in [0.25, 0.3) is 0 Å². The van der Waals surface area contributed by atoms with Gasteiger partial charge < -0.3 is 10.4 Å². The highest BCUT2D eigenvalue weighted by atomic mass is 16.2. The van der Waals surface area contributed by atoms with Crippen LogP contribution in [-0.2, 0) is 0 Å². The van der Waals surface area contributed by atoms with Crippen molar-refractivity contribution in [3.05, 3.63) is 58.7 Å². The van der Waals surface area contributed by atoms with E-state index in [9.17, 15) is 10.5 Å². The molecule has 1 aliphatic carbocycles. The number of nitriles is 2. The summed E-state index contributed by atoms with van der Waals surface area (Å²) in [5, 5.41) is 30.6. The molecule has 2 N–H and O–H groups in total. The lowest BCUT2D eigenvalue weighted by molar-refractivity contribution is 0.283. The Morgan fingerprint density at radius 1 is 1.03 bits per heavy atom. The Morgan fingerprint density at radius 2 is 1.72 bits per heavy atom. The Labute approximate surface area is 174 Å². The van der Waals surface area contributed by atoms with Crippen molar-refractivity contribution < 1.29 is 5.11 Å². The number of unbranched alkanes of at least 4 members (excludes halogenated alkanes) is 3. The molecule has 0 bridgehead atoms. The highest BCUT2D eigenvalue weighted by Crippen LogP contribution is 2.39. The molecule has 0 saturated heterocycles. The zero-order valence-electron chi connectivity index (χ0n) is 17.5. The van der Waals surface area contributed by atoms with Gasteiger partial charge in [0.05, 0.1) is 0 Å². The summed E-state index contributed by atoms with van der Waals surface area (Å²) in [7, 11) is 0. The number of nitrogens with zero attached hydrogens (tertiary/aromatic N) is 2. The van der Waals surface area contributed by atoms with Crippen molar-refractivity contribution in [1.29, 1.82) is 10.5 Å². The molecule has 1 aromatic carbocycles. The SMILES string of the molecule is CC1(C)CC(/C=C/c2ccc(NCCCCCCO)cc2)=CC(=C(C#N)C#N)C1. The molecular weight excluding hydrogens is 358 g/mol. The Bertz CT molecular complexity index is 830. The molecule has 0 aliphatic heterocycles. The lowest BCUT2D eigenvalue weighted by Gasteiger charge is -2.30. The first-order valence-electron chi connectivity index (χ1n) is 10.3. The average Bonchev–Trinajstić information content (AvgIpc) is 2.70. The Hall–Kier alpha value is -2.82. The molecular formula is C25H31N3O. The molecule has 0 unspecified atom stereocenters. The normalized spacial score (nSPS) is 15.5. The summed E-state index contributed by atoms with van der Waals surface area (Å²) in [4.78, 5) is 0. The van der Waals surface area contributed by atoms with Gasteiger partial charge in [-0.1, -0.05) is 57.0 Å². The third-order valence-corrected chi connectivity index (χ3v) is 5.07. The first-order chi connectivity index (χ1) is 14.0. The minimum atomic E-state index is 0.0354. The maximum atomic E-state index is 9.19. The number of hydrogen-bond donors (Lipinski definition) is 2. The topological polar surface area (TPSA) is 79.8 Å². The molecule has 0 heterocycles. The molecule has 0 amide bonds. The van der Waals surface area contributed by atoms with Crippen LogP contribution in [0.1, 0.15) is 57.9 Å². The standard InChI is InChI=1S/C25H31N3O/c1-25(2)16-21(15-22(17-25)23(18-26)19-27)8-7-20-9-11-24(12-10-20)28-13-5-3-4-6-14-29/h7-12,15,28-29H,3-6,13-14,16-17H2,1-2H3/b8-7+. The van der Waals surface area contributed by atoms with Crippen molar-refractivity contribution in [3.63, 3.8) is 0 Å². The number of hydrogen-bond acceptors (Lipinski definition) is 4. The smallest absolute Gasteiger partial charge is 0.132 e. The quantitative estimate of drug-likeness (QED) is 0.416. The Kier molecular flexibility index (Phi) is 8.71. The van der Waals surface area contributed by atoms with Gasteiger partial charge in [-0.25, -0.2) is 0 Å². The number of allylic oxidation sites excluding steroid dienone is 5. The molecule has 0 fully saturated rings. The summed E-state index contributed by atoms with van der Waals surface area (Å²) >= 11 is 0. The molecule has 2 rings (SSSR count). The van der Waals surface area contributed by atoms with Crippen LogP contribution < -0.4 is 5.32 Å². The second-order valence-corrected chi connectivity index (χ2v) is 8.38. The predicted molar refractivity (Wildman–Crippen MR) is 119 cm³/mol. The predicted octanol–water partition coefficient (Wildman–Crippen LogP) is 5.75. The van der Waals surface area contributed by atoms with Crippen LogP contribution in [0.5, 0.6) is 0 Å². The minimum Gasteiger partial charge on any atom is -0.396 e. The summed E-state index contributed by atoms with van der Waals surface area (Å²) in [6, 6.07) is 12.4. The summed E-state index contributed by atoms with van der Waals surface area (Å²) in [5.41, 5.74) is 4.46. The molecule has 4 heteroatoms. The lowest BCUT2D eigenvalue weighted by atomic mass is 9.74. The lowest BCUT2D eigenvalue weighted by Crippen LogP contribution is -2.17. The summed E-state index contributed by atoms with van der Waals surface area (Å²) in [5.74, 6) is 0. The van der Waals surface area contributed by atoms with Crippen LogP contribution >= 0.6 is 0 Å². The van der Waals surface area contributed by atoms with Gasteiger partial charge in [-0.15, -0.1) is 0 Å². The third kappa shape index (κ3) is 7.60. The van der Waals surface area contributed by atoms with E-state index in [1.807, 2.05) is 18.2 Å². The molecule has 0 spiro atoms. The van der Waals surface area contributed by atoms with E-state index < -0.39 is 0 Å². The van der Waals surface area contributed by atoms with Gasteiger partial charge in [0.1, 0.15) is 17.7 Å². The summed E-state index contributed by atoms with van der Waals surface area (Å²) in [6.07, 6.45) is 12.1. The van der Waals surface area contributed by atoms with Crippen LogP contribution in [0.4, 0.5) is 5.69 Å². The van der Waals surface area contributed by atoms with Crippen molar-refractivity contribution >= 4 is 11.8 Å². The van der Waals surface area contributed by atoms with Crippen LogP contribution in [-0.4, -0.2) is 18.3 Å². The second-order valence-electron chi connectivity index (χ2n) is 8.38. The van der Waals surface area contributed by atoms with Crippen molar-refractivity contribution in [2.75, 3.05) is 18.5 Å². The molecule has 1 aromatic rings. The zero-order chi connectivity index (χ0) is 21.1. The fourth-order valence-electron chi connectivity index (χ4n) is 3.63. The van der Waals surface area contributed by atoms with Gasteiger partial charge in [-0.3, -0.25) is 0 Å². The fourth-order valence-corrected chi connectivity index (χ4v) is 3.63. The highest BCUT2D eigenvalue weighted by molar-refractivity contribution is 5.58. The van der Waals surface area contributed by atoms with Crippen LogP contribution in [0.15, 0.2) is 53.1 Å². The average molecular weight is 390 g/mol. The van der Waals surface area contributed by atoms with Crippen molar-refractivity contribution in [2.45, 2.75) is 52.4 Å². The molecule has 0 aromatic heterocycles. The molecule has 152 valence electrons.